The molecule has 0 aliphatic carbocycles. The number of nitrogens with zero attached hydrogens (tertiary/aromatic N) is 1. The van der Waals surface area contributed by atoms with Crippen LogP contribution >= 0.6 is 0 Å². The Morgan fingerprint density at radius 2 is 1.63 bits per heavy atom. The number of carboxylic acid groups (broad SMARTS) is 1. The molecular weight excluding hydrogens is 382 g/mol. The number of aromatic nitrogens is 2. The van der Waals surface area contributed by atoms with Crippen molar-refractivity contribution in [3.8, 4) is 22.4 Å². The van der Waals surface area contributed by atoms with Crippen LogP contribution in [0.25, 0.3) is 22.4 Å². The van der Waals surface area contributed by atoms with Gasteiger partial charge in [0.25, 0.3) is 11.5 Å². The van der Waals surface area contributed by atoms with Crippen LogP contribution in [0.2, 0.25) is 0 Å². The minimum Gasteiger partial charge on any atom is -0.480 e. The van der Waals surface area contributed by atoms with Crippen LogP contribution in [-0.2, 0) is 4.79 Å². The second-order valence-electron chi connectivity index (χ2n) is 6.89. The molecule has 0 radical (unpaired) electrons. The van der Waals surface area contributed by atoms with Crippen molar-refractivity contribution >= 4 is 11.9 Å². The molecule has 0 saturated carbocycles. The van der Waals surface area contributed by atoms with Gasteiger partial charge in [0.15, 0.2) is 0 Å². The third-order valence-corrected chi connectivity index (χ3v) is 4.77. The Bertz CT molecular complexity index is 1080. The number of H-pyrrole nitrogens is 1. The molecule has 3 N–H and O–H groups in total. The summed E-state index contributed by atoms with van der Waals surface area (Å²) in [5, 5.41) is 18.6. The van der Waals surface area contributed by atoms with E-state index < -0.39 is 23.5 Å². The van der Waals surface area contributed by atoms with Gasteiger partial charge in [0.05, 0.1) is 5.69 Å². The first-order valence-corrected chi connectivity index (χ1v) is 9.80. The first-order valence-electron chi connectivity index (χ1n) is 9.80. The van der Waals surface area contributed by atoms with Gasteiger partial charge in [-0.15, -0.1) is 0 Å². The Hall–Kier alpha value is -3.74. The first kappa shape index (κ1) is 21.0. The van der Waals surface area contributed by atoms with Crippen molar-refractivity contribution in [3.05, 3.63) is 76.6 Å². The van der Waals surface area contributed by atoms with Crippen molar-refractivity contribution in [1.29, 1.82) is 0 Å². The summed E-state index contributed by atoms with van der Waals surface area (Å²) in [7, 11) is 0. The Balaban J connectivity index is 2.15. The highest BCUT2D eigenvalue weighted by molar-refractivity contribution is 6.04. The standard InChI is InChI=1S/C23H23N3O4/c1-2-3-14-17(23(29)30)24-21(27)19-18(15-10-6-4-7-11-15)20(25-26-22(19)28)16-12-8-5-9-13-16/h4-13,17H,2-3,14H2,1H3,(H,24,27)(H,26,28)(H,29,30). The molecule has 1 heterocycles. The fourth-order valence-electron chi connectivity index (χ4n) is 3.25. The lowest BCUT2D eigenvalue weighted by Crippen LogP contribution is -2.43. The molecule has 0 aliphatic rings. The van der Waals surface area contributed by atoms with Gasteiger partial charge in [0, 0.05) is 11.1 Å². The molecule has 30 heavy (non-hydrogen) atoms. The lowest BCUT2D eigenvalue weighted by molar-refractivity contribution is -0.139. The number of aromatic amines is 1. The third kappa shape index (κ3) is 4.63. The summed E-state index contributed by atoms with van der Waals surface area (Å²) in [5.74, 6) is -1.87. The summed E-state index contributed by atoms with van der Waals surface area (Å²) in [4.78, 5) is 37.4. The van der Waals surface area contributed by atoms with Crippen molar-refractivity contribution < 1.29 is 14.7 Å². The van der Waals surface area contributed by atoms with Crippen molar-refractivity contribution in [1.82, 2.24) is 15.5 Å². The van der Waals surface area contributed by atoms with Gasteiger partial charge in [-0.1, -0.05) is 80.4 Å². The summed E-state index contributed by atoms with van der Waals surface area (Å²) in [6.45, 7) is 1.94. The molecule has 3 aromatic rings. The molecule has 1 atom stereocenters. The van der Waals surface area contributed by atoms with Crippen LogP contribution in [0.3, 0.4) is 0 Å². The molecule has 1 aromatic heterocycles. The molecule has 2 aromatic carbocycles. The van der Waals surface area contributed by atoms with E-state index in [0.29, 0.717) is 23.2 Å². The maximum absolute atomic E-state index is 13.1. The fourth-order valence-corrected chi connectivity index (χ4v) is 3.25. The molecule has 7 nitrogen and oxygen atoms in total. The summed E-state index contributed by atoms with van der Waals surface area (Å²) in [5.41, 5.74) is 1.33. The molecule has 154 valence electrons. The maximum Gasteiger partial charge on any atom is 0.326 e. The monoisotopic (exact) mass is 405 g/mol. The number of carboxylic acids is 1. The second kappa shape index (κ2) is 9.65. The van der Waals surface area contributed by atoms with E-state index in [2.05, 4.69) is 15.5 Å². The predicted octanol–water partition coefficient (Wildman–Crippen LogP) is 3.48. The average molecular weight is 405 g/mol. The van der Waals surface area contributed by atoms with E-state index >= 15 is 0 Å². The molecular formula is C23H23N3O4. The predicted molar refractivity (Wildman–Crippen MR) is 114 cm³/mol. The SMILES string of the molecule is CCCCC(NC(=O)c1c(-c2ccccc2)c(-c2ccccc2)n[nH]c1=O)C(=O)O. The molecule has 0 fully saturated rings. The number of amides is 1. The van der Waals surface area contributed by atoms with Gasteiger partial charge in [-0.25, -0.2) is 9.89 Å². The molecule has 1 unspecified atom stereocenters. The minimum atomic E-state index is -1.13. The van der Waals surface area contributed by atoms with Crippen molar-refractivity contribution in [3.63, 3.8) is 0 Å². The zero-order valence-electron chi connectivity index (χ0n) is 16.6. The van der Waals surface area contributed by atoms with Crippen molar-refractivity contribution in [2.24, 2.45) is 0 Å². The van der Waals surface area contributed by atoms with Gasteiger partial charge in [-0.2, -0.15) is 5.10 Å². The van der Waals surface area contributed by atoms with E-state index in [1.54, 1.807) is 24.3 Å². The number of carbonyl (C=O) groups is 2. The molecule has 0 bridgehead atoms. The third-order valence-electron chi connectivity index (χ3n) is 4.77. The highest BCUT2D eigenvalue weighted by Crippen LogP contribution is 2.31. The molecule has 7 heteroatoms. The number of rotatable bonds is 8. The smallest absolute Gasteiger partial charge is 0.326 e. The van der Waals surface area contributed by atoms with E-state index in [0.717, 1.165) is 12.0 Å². The van der Waals surface area contributed by atoms with E-state index in [-0.39, 0.29) is 12.0 Å². The minimum absolute atomic E-state index is 0.155. The van der Waals surface area contributed by atoms with Crippen molar-refractivity contribution in [2.75, 3.05) is 0 Å². The number of nitrogens with one attached hydrogen (secondary N) is 2. The van der Waals surface area contributed by atoms with E-state index in [9.17, 15) is 19.5 Å². The van der Waals surface area contributed by atoms with Crippen LogP contribution in [-0.4, -0.2) is 33.2 Å². The zero-order valence-corrected chi connectivity index (χ0v) is 16.6. The largest absolute Gasteiger partial charge is 0.480 e. The topological polar surface area (TPSA) is 112 Å². The Labute approximate surface area is 173 Å². The number of hydrogen-bond acceptors (Lipinski definition) is 4. The first-order chi connectivity index (χ1) is 14.5. The van der Waals surface area contributed by atoms with Gasteiger partial charge in [0.2, 0.25) is 0 Å². The lowest BCUT2D eigenvalue weighted by atomic mass is 9.95. The van der Waals surface area contributed by atoms with E-state index in [1.165, 1.54) is 0 Å². The van der Waals surface area contributed by atoms with Gasteiger partial charge in [-0.05, 0) is 12.0 Å². The summed E-state index contributed by atoms with van der Waals surface area (Å²) in [6, 6.07) is 17.1. The van der Waals surface area contributed by atoms with Crippen molar-refractivity contribution in [2.45, 2.75) is 32.2 Å². The number of benzene rings is 2. The van der Waals surface area contributed by atoms with E-state index in [1.807, 2.05) is 43.3 Å². The Morgan fingerprint density at radius 1 is 1.03 bits per heavy atom. The average Bonchev–Trinajstić information content (AvgIpc) is 2.77. The highest BCUT2D eigenvalue weighted by atomic mass is 16.4. The Morgan fingerprint density at radius 3 is 2.20 bits per heavy atom. The molecule has 0 aliphatic heterocycles. The van der Waals surface area contributed by atoms with E-state index in [4.69, 9.17) is 0 Å². The summed E-state index contributed by atoms with van der Waals surface area (Å²) >= 11 is 0. The molecule has 1 amide bonds. The normalized spacial score (nSPS) is 11.6. The summed E-state index contributed by atoms with van der Waals surface area (Å²) < 4.78 is 0. The number of hydrogen-bond donors (Lipinski definition) is 3. The lowest BCUT2D eigenvalue weighted by Gasteiger charge is -2.17. The van der Waals surface area contributed by atoms with Gasteiger partial charge in [0.1, 0.15) is 11.6 Å². The fraction of sp³-hybridized carbons (Fsp3) is 0.217. The van der Waals surface area contributed by atoms with Crippen LogP contribution in [0.5, 0.6) is 0 Å². The van der Waals surface area contributed by atoms with Crippen LogP contribution in [0, 0.1) is 0 Å². The molecule has 0 saturated heterocycles. The number of aliphatic carboxylic acids is 1. The number of unbranched alkanes of at least 4 members (excludes halogenated alkanes) is 1. The van der Waals surface area contributed by atoms with Crippen LogP contribution in [0.4, 0.5) is 0 Å². The van der Waals surface area contributed by atoms with Crippen LogP contribution < -0.4 is 10.9 Å². The quantitative estimate of drug-likeness (QED) is 0.531. The van der Waals surface area contributed by atoms with Gasteiger partial charge in [-0.3, -0.25) is 9.59 Å². The second-order valence-corrected chi connectivity index (χ2v) is 6.89. The van der Waals surface area contributed by atoms with Crippen LogP contribution in [0.1, 0.15) is 36.5 Å². The highest BCUT2D eigenvalue weighted by Gasteiger charge is 2.26. The maximum atomic E-state index is 13.1. The Kier molecular flexibility index (Phi) is 6.75. The molecule has 3 rings (SSSR count). The van der Waals surface area contributed by atoms with Gasteiger partial charge >= 0.3 is 5.97 Å². The van der Waals surface area contributed by atoms with Crippen LogP contribution in [0.15, 0.2) is 65.5 Å². The summed E-state index contributed by atoms with van der Waals surface area (Å²) in [6.07, 6.45) is 1.72. The number of carbonyl (C=O) groups excluding carboxylic acids is 1. The zero-order chi connectivity index (χ0) is 21.5. The van der Waals surface area contributed by atoms with Gasteiger partial charge < -0.3 is 10.4 Å². The molecule has 0 spiro atoms.